The molecule has 0 bridgehead atoms. The zero-order valence-electron chi connectivity index (χ0n) is 10.9. The summed E-state index contributed by atoms with van der Waals surface area (Å²) in [5.74, 6) is 0. The Labute approximate surface area is 131 Å². The van der Waals surface area contributed by atoms with Gasteiger partial charge in [-0.05, 0) is 46.3 Å². The molecule has 0 aliphatic rings. The number of anilines is 1. The van der Waals surface area contributed by atoms with Gasteiger partial charge in [0.15, 0.2) is 0 Å². The van der Waals surface area contributed by atoms with E-state index >= 15 is 0 Å². The molecule has 0 spiro atoms. The Morgan fingerprint density at radius 1 is 1.30 bits per heavy atom. The van der Waals surface area contributed by atoms with Gasteiger partial charge in [0.25, 0.3) is 0 Å². The van der Waals surface area contributed by atoms with Crippen molar-refractivity contribution in [3.8, 4) is 0 Å². The first-order valence-corrected chi connectivity index (χ1v) is 9.08. The second-order valence-electron chi connectivity index (χ2n) is 4.21. The van der Waals surface area contributed by atoms with Crippen molar-refractivity contribution in [1.82, 2.24) is 4.31 Å². The number of nitrogens with two attached hydrogens (primary N) is 1. The van der Waals surface area contributed by atoms with Crippen LogP contribution in [-0.4, -0.2) is 19.3 Å². The Morgan fingerprint density at radius 2 is 2.05 bits per heavy atom. The maximum absolute atomic E-state index is 12.6. The third-order valence-corrected chi connectivity index (χ3v) is 6.33. The van der Waals surface area contributed by atoms with Gasteiger partial charge in [-0.2, -0.15) is 4.31 Å². The van der Waals surface area contributed by atoms with Crippen LogP contribution in [0.25, 0.3) is 0 Å². The molecule has 20 heavy (non-hydrogen) atoms. The largest absolute Gasteiger partial charge is 0.399 e. The number of rotatable bonds is 5. The summed E-state index contributed by atoms with van der Waals surface area (Å²) in [6.07, 6.45) is 0. The monoisotopic (exact) mass is 374 g/mol. The number of hydrogen-bond acceptors (Lipinski definition) is 4. The maximum Gasteiger partial charge on any atom is 0.243 e. The molecule has 0 radical (unpaired) electrons. The van der Waals surface area contributed by atoms with Crippen LogP contribution >= 0.6 is 27.3 Å². The zero-order valence-corrected chi connectivity index (χ0v) is 14.1. The highest BCUT2D eigenvalue weighted by molar-refractivity contribution is 9.11. The lowest BCUT2D eigenvalue weighted by molar-refractivity contribution is 0.426. The molecule has 0 amide bonds. The quantitative estimate of drug-likeness (QED) is 0.816. The topological polar surface area (TPSA) is 63.4 Å². The Balaban J connectivity index is 2.30. The molecule has 2 rings (SSSR count). The third kappa shape index (κ3) is 3.41. The average molecular weight is 375 g/mol. The van der Waals surface area contributed by atoms with Crippen molar-refractivity contribution in [1.29, 1.82) is 0 Å². The lowest BCUT2D eigenvalue weighted by atomic mass is 10.3. The van der Waals surface area contributed by atoms with E-state index in [-0.39, 0.29) is 4.90 Å². The molecule has 0 atom stereocenters. The second-order valence-corrected chi connectivity index (χ2v) is 8.70. The van der Waals surface area contributed by atoms with E-state index in [0.717, 1.165) is 8.66 Å². The van der Waals surface area contributed by atoms with Gasteiger partial charge in [0.05, 0.1) is 8.68 Å². The van der Waals surface area contributed by atoms with E-state index in [1.165, 1.54) is 21.7 Å². The zero-order chi connectivity index (χ0) is 14.8. The minimum Gasteiger partial charge on any atom is -0.399 e. The number of halogens is 1. The molecule has 1 heterocycles. The number of nitrogen functional groups attached to an aromatic ring is 1. The van der Waals surface area contributed by atoms with Gasteiger partial charge in [-0.3, -0.25) is 0 Å². The van der Waals surface area contributed by atoms with Crippen LogP contribution in [0.5, 0.6) is 0 Å². The molecule has 7 heteroatoms. The van der Waals surface area contributed by atoms with Crippen LogP contribution in [0.3, 0.4) is 0 Å². The molecule has 1 aromatic carbocycles. The van der Waals surface area contributed by atoms with Crippen molar-refractivity contribution in [3.05, 3.63) is 45.1 Å². The van der Waals surface area contributed by atoms with E-state index in [4.69, 9.17) is 5.73 Å². The maximum atomic E-state index is 12.6. The summed E-state index contributed by atoms with van der Waals surface area (Å²) >= 11 is 4.91. The lowest BCUT2D eigenvalue weighted by Crippen LogP contribution is -2.30. The molecule has 0 aliphatic heterocycles. The molecular formula is C13H15BrN2O2S2. The molecule has 2 N–H and O–H groups in total. The molecule has 0 saturated carbocycles. The highest BCUT2D eigenvalue weighted by Crippen LogP contribution is 2.26. The smallest absolute Gasteiger partial charge is 0.243 e. The molecule has 0 aliphatic carbocycles. The van der Waals surface area contributed by atoms with Crippen LogP contribution in [0, 0.1) is 0 Å². The van der Waals surface area contributed by atoms with Gasteiger partial charge in [0.1, 0.15) is 0 Å². The fourth-order valence-electron chi connectivity index (χ4n) is 1.80. The van der Waals surface area contributed by atoms with Crippen molar-refractivity contribution in [3.63, 3.8) is 0 Å². The van der Waals surface area contributed by atoms with Gasteiger partial charge in [-0.25, -0.2) is 8.42 Å². The van der Waals surface area contributed by atoms with Gasteiger partial charge in [-0.15, -0.1) is 11.3 Å². The van der Waals surface area contributed by atoms with E-state index in [1.807, 2.05) is 19.1 Å². The molecule has 1 aromatic heterocycles. The van der Waals surface area contributed by atoms with E-state index < -0.39 is 10.0 Å². The molecule has 4 nitrogen and oxygen atoms in total. The number of hydrogen-bond donors (Lipinski definition) is 1. The van der Waals surface area contributed by atoms with E-state index in [2.05, 4.69) is 15.9 Å². The summed E-state index contributed by atoms with van der Waals surface area (Å²) in [4.78, 5) is 1.22. The first-order chi connectivity index (χ1) is 9.43. The number of benzene rings is 1. The van der Waals surface area contributed by atoms with Gasteiger partial charge >= 0.3 is 0 Å². The summed E-state index contributed by atoms with van der Waals surface area (Å²) in [7, 11) is -3.52. The standard InChI is InChI=1S/C13H15BrN2O2S2/c1-2-16(9-11-6-7-13(14)19-11)20(17,18)12-5-3-4-10(15)8-12/h3-8H,2,9,15H2,1H3. The van der Waals surface area contributed by atoms with Gasteiger partial charge in [0, 0.05) is 23.7 Å². The highest BCUT2D eigenvalue weighted by Gasteiger charge is 2.23. The normalized spacial score (nSPS) is 11.9. The van der Waals surface area contributed by atoms with Gasteiger partial charge in [0.2, 0.25) is 10.0 Å². The molecule has 0 unspecified atom stereocenters. The van der Waals surface area contributed by atoms with Crippen LogP contribution in [0.4, 0.5) is 5.69 Å². The third-order valence-electron chi connectivity index (χ3n) is 2.81. The Bertz CT molecular complexity index is 698. The minimum absolute atomic E-state index is 0.231. The fraction of sp³-hybridized carbons (Fsp3) is 0.231. The molecule has 0 saturated heterocycles. The van der Waals surface area contributed by atoms with Crippen molar-refractivity contribution < 1.29 is 8.42 Å². The van der Waals surface area contributed by atoms with Crippen LogP contribution in [0.2, 0.25) is 0 Å². The summed E-state index contributed by atoms with van der Waals surface area (Å²) in [5.41, 5.74) is 6.11. The number of sulfonamides is 1. The Morgan fingerprint density at radius 3 is 2.60 bits per heavy atom. The van der Waals surface area contributed by atoms with E-state index in [9.17, 15) is 8.42 Å². The van der Waals surface area contributed by atoms with Crippen LogP contribution in [0.15, 0.2) is 45.1 Å². The number of thiophene rings is 1. The Kier molecular flexibility index (Phi) is 4.85. The predicted molar refractivity (Wildman–Crippen MR) is 86.1 cm³/mol. The molecule has 108 valence electrons. The van der Waals surface area contributed by atoms with Gasteiger partial charge in [-0.1, -0.05) is 13.0 Å². The average Bonchev–Trinajstić information content (AvgIpc) is 2.81. The lowest BCUT2D eigenvalue weighted by Gasteiger charge is -2.20. The van der Waals surface area contributed by atoms with Gasteiger partial charge < -0.3 is 5.73 Å². The minimum atomic E-state index is -3.52. The van der Waals surface area contributed by atoms with Crippen LogP contribution in [-0.2, 0) is 16.6 Å². The molecule has 0 fully saturated rings. The van der Waals surface area contributed by atoms with Crippen LogP contribution < -0.4 is 5.73 Å². The number of nitrogens with zero attached hydrogens (tertiary/aromatic N) is 1. The fourth-order valence-corrected chi connectivity index (χ4v) is 4.86. The highest BCUT2D eigenvalue weighted by atomic mass is 79.9. The molecule has 2 aromatic rings. The predicted octanol–water partition coefficient (Wildman–Crippen LogP) is 3.30. The summed E-state index contributed by atoms with van der Waals surface area (Å²) in [6.45, 7) is 2.60. The first-order valence-electron chi connectivity index (χ1n) is 6.03. The SMILES string of the molecule is CCN(Cc1ccc(Br)s1)S(=O)(=O)c1cccc(N)c1. The van der Waals surface area contributed by atoms with Crippen molar-refractivity contribution in [2.24, 2.45) is 0 Å². The summed E-state index contributed by atoms with van der Waals surface area (Å²) < 4.78 is 27.6. The Hall–Kier alpha value is -0.890. The summed E-state index contributed by atoms with van der Waals surface area (Å²) in [5, 5.41) is 0. The van der Waals surface area contributed by atoms with E-state index in [0.29, 0.717) is 18.8 Å². The van der Waals surface area contributed by atoms with Crippen LogP contribution in [0.1, 0.15) is 11.8 Å². The summed E-state index contributed by atoms with van der Waals surface area (Å²) in [6, 6.07) is 10.2. The van der Waals surface area contributed by atoms with Crippen molar-refractivity contribution >= 4 is 43.0 Å². The van der Waals surface area contributed by atoms with Crippen molar-refractivity contribution in [2.45, 2.75) is 18.4 Å². The first kappa shape index (κ1) is 15.5. The van der Waals surface area contributed by atoms with Crippen molar-refractivity contribution in [2.75, 3.05) is 12.3 Å². The van der Waals surface area contributed by atoms with E-state index in [1.54, 1.807) is 18.2 Å². The molecular weight excluding hydrogens is 360 g/mol. The second kappa shape index (κ2) is 6.26.